The van der Waals surface area contributed by atoms with Crippen LogP contribution in [0.5, 0.6) is 11.5 Å². The van der Waals surface area contributed by atoms with Crippen LogP contribution in [0.15, 0.2) is 53.5 Å². The summed E-state index contributed by atoms with van der Waals surface area (Å²) in [6, 6.07) is 13.4. The number of halogens is 1. The zero-order valence-electron chi connectivity index (χ0n) is 13.7. The first-order valence-corrected chi connectivity index (χ1v) is 7.77. The summed E-state index contributed by atoms with van der Waals surface area (Å²) in [6.07, 6.45) is 1.70. The van der Waals surface area contributed by atoms with Gasteiger partial charge < -0.3 is 20.5 Å². The molecule has 0 saturated heterocycles. The maximum absolute atomic E-state index is 12.8. The fourth-order valence-electron chi connectivity index (χ4n) is 2.00. The van der Waals surface area contributed by atoms with E-state index in [1.165, 1.54) is 12.1 Å². The monoisotopic (exact) mass is 331 g/mol. The molecule has 0 bridgehead atoms. The van der Waals surface area contributed by atoms with Crippen LogP contribution in [-0.4, -0.2) is 26.2 Å². The van der Waals surface area contributed by atoms with Crippen molar-refractivity contribution >= 4 is 11.6 Å². The molecule has 0 aliphatic heterocycles. The zero-order valence-corrected chi connectivity index (χ0v) is 13.7. The zero-order chi connectivity index (χ0) is 17.2. The maximum atomic E-state index is 12.8. The van der Waals surface area contributed by atoms with E-state index in [1.54, 1.807) is 19.2 Å². The number of guanidine groups is 1. The van der Waals surface area contributed by atoms with Gasteiger partial charge >= 0.3 is 0 Å². The average Bonchev–Trinajstić information content (AvgIpc) is 2.60. The topological polar surface area (TPSA) is 68.9 Å². The van der Waals surface area contributed by atoms with E-state index in [2.05, 4.69) is 10.3 Å². The summed E-state index contributed by atoms with van der Waals surface area (Å²) in [5.41, 5.74) is 6.70. The molecule has 0 fully saturated rings. The van der Waals surface area contributed by atoms with Gasteiger partial charge in [0.2, 0.25) is 0 Å². The van der Waals surface area contributed by atoms with Crippen LogP contribution in [0.2, 0.25) is 0 Å². The molecule has 2 aromatic carbocycles. The van der Waals surface area contributed by atoms with E-state index in [1.807, 2.05) is 24.3 Å². The van der Waals surface area contributed by atoms with E-state index in [0.717, 1.165) is 24.3 Å². The molecule has 0 radical (unpaired) electrons. The van der Waals surface area contributed by atoms with E-state index in [-0.39, 0.29) is 5.82 Å². The molecule has 6 heteroatoms. The molecule has 3 N–H and O–H groups in total. The van der Waals surface area contributed by atoms with E-state index in [4.69, 9.17) is 15.2 Å². The number of nitrogens with zero attached hydrogens (tertiary/aromatic N) is 1. The summed E-state index contributed by atoms with van der Waals surface area (Å²) in [5.74, 6) is 1.56. The predicted molar refractivity (Wildman–Crippen MR) is 94.2 cm³/mol. The first-order chi connectivity index (χ1) is 11.7. The molecule has 0 aromatic heterocycles. The fraction of sp³-hybridized carbons (Fsp3) is 0.278. The molecular weight excluding hydrogens is 309 g/mol. The van der Waals surface area contributed by atoms with Crippen molar-refractivity contribution in [3.05, 3.63) is 54.3 Å². The summed E-state index contributed by atoms with van der Waals surface area (Å²) >= 11 is 0. The van der Waals surface area contributed by atoms with Crippen molar-refractivity contribution in [3.63, 3.8) is 0 Å². The van der Waals surface area contributed by atoms with Crippen molar-refractivity contribution < 1.29 is 13.9 Å². The highest BCUT2D eigenvalue weighted by molar-refractivity contribution is 5.92. The number of hydrogen-bond acceptors (Lipinski definition) is 3. The Morgan fingerprint density at radius 2 is 1.71 bits per heavy atom. The molecule has 128 valence electrons. The Bertz CT molecular complexity index is 642. The van der Waals surface area contributed by atoms with Gasteiger partial charge in [0.1, 0.15) is 17.3 Å². The molecule has 0 spiro atoms. The number of rotatable bonds is 8. The standard InChI is InChI=1S/C18H22FN3O2/c1-23-16-10-6-15(7-11-16)22-18(20)21-12-2-3-13-24-17-8-4-14(19)5-9-17/h4-11H,2-3,12-13H2,1H3,(H3,20,21,22). The third-order valence-electron chi connectivity index (χ3n) is 3.28. The number of benzene rings is 2. The van der Waals surface area contributed by atoms with Gasteiger partial charge in [0, 0.05) is 12.2 Å². The molecule has 0 atom stereocenters. The van der Waals surface area contributed by atoms with E-state index in [0.29, 0.717) is 24.9 Å². The minimum absolute atomic E-state index is 0.267. The van der Waals surface area contributed by atoms with Crippen molar-refractivity contribution in [3.8, 4) is 11.5 Å². The Morgan fingerprint density at radius 3 is 2.38 bits per heavy atom. The van der Waals surface area contributed by atoms with E-state index < -0.39 is 0 Å². The molecular formula is C18H22FN3O2. The van der Waals surface area contributed by atoms with Gasteiger partial charge in [0.05, 0.1) is 13.7 Å². The lowest BCUT2D eigenvalue weighted by atomic mass is 10.3. The summed E-state index contributed by atoms with van der Waals surface area (Å²) in [7, 11) is 1.62. The maximum Gasteiger partial charge on any atom is 0.193 e. The highest BCUT2D eigenvalue weighted by Crippen LogP contribution is 2.14. The van der Waals surface area contributed by atoms with Crippen molar-refractivity contribution in [1.82, 2.24) is 0 Å². The van der Waals surface area contributed by atoms with Crippen LogP contribution in [0.3, 0.4) is 0 Å². The normalized spacial score (nSPS) is 11.2. The summed E-state index contributed by atoms with van der Waals surface area (Å²) in [4.78, 5) is 4.27. The van der Waals surface area contributed by atoms with Crippen molar-refractivity contribution in [2.75, 3.05) is 25.6 Å². The van der Waals surface area contributed by atoms with Gasteiger partial charge in [-0.25, -0.2) is 4.39 Å². The third-order valence-corrected chi connectivity index (χ3v) is 3.28. The fourth-order valence-corrected chi connectivity index (χ4v) is 2.00. The number of hydrogen-bond donors (Lipinski definition) is 2. The molecule has 0 aliphatic carbocycles. The quantitative estimate of drug-likeness (QED) is 0.442. The lowest BCUT2D eigenvalue weighted by Crippen LogP contribution is -2.22. The number of anilines is 1. The summed E-state index contributed by atoms with van der Waals surface area (Å²) in [6.45, 7) is 1.18. The number of unbranched alkanes of at least 4 members (excludes halogenated alkanes) is 1. The number of ether oxygens (including phenoxy) is 2. The lowest BCUT2D eigenvalue weighted by Gasteiger charge is -2.07. The van der Waals surface area contributed by atoms with Gasteiger partial charge in [-0.3, -0.25) is 4.99 Å². The van der Waals surface area contributed by atoms with Gasteiger partial charge in [-0.2, -0.15) is 0 Å². The Balaban J connectivity index is 1.62. The average molecular weight is 331 g/mol. The molecule has 2 aromatic rings. The molecule has 0 aliphatic rings. The Kier molecular flexibility index (Phi) is 6.89. The van der Waals surface area contributed by atoms with E-state index in [9.17, 15) is 4.39 Å². The van der Waals surface area contributed by atoms with Gasteiger partial charge in [0.25, 0.3) is 0 Å². The molecule has 0 unspecified atom stereocenters. The van der Waals surface area contributed by atoms with Crippen molar-refractivity contribution in [1.29, 1.82) is 0 Å². The Hall–Kier alpha value is -2.76. The molecule has 2 rings (SSSR count). The van der Waals surface area contributed by atoms with Crippen LogP contribution in [0, 0.1) is 5.82 Å². The van der Waals surface area contributed by atoms with E-state index >= 15 is 0 Å². The van der Waals surface area contributed by atoms with Gasteiger partial charge in [-0.1, -0.05) is 0 Å². The van der Waals surface area contributed by atoms with Gasteiger partial charge in [-0.15, -0.1) is 0 Å². The number of aliphatic imine (C=N–C) groups is 1. The van der Waals surface area contributed by atoms with Gasteiger partial charge in [-0.05, 0) is 61.4 Å². The third kappa shape index (κ3) is 6.16. The summed E-state index contributed by atoms with van der Waals surface area (Å²) < 4.78 is 23.4. The van der Waals surface area contributed by atoms with Crippen molar-refractivity contribution in [2.24, 2.45) is 10.7 Å². The van der Waals surface area contributed by atoms with Crippen LogP contribution in [0.1, 0.15) is 12.8 Å². The second-order valence-corrected chi connectivity index (χ2v) is 5.13. The van der Waals surface area contributed by atoms with Crippen LogP contribution in [-0.2, 0) is 0 Å². The largest absolute Gasteiger partial charge is 0.497 e. The highest BCUT2D eigenvalue weighted by atomic mass is 19.1. The number of nitrogens with two attached hydrogens (primary N) is 1. The first-order valence-electron chi connectivity index (χ1n) is 7.77. The second kappa shape index (κ2) is 9.39. The smallest absolute Gasteiger partial charge is 0.193 e. The second-order valence-electron chi connectivity index (χ2n) is 5.13. The first kappa shape index (κ1) is 17.6. The predicted octanol–water partition coefficient (Wildman–Crippen LogP) is 3.42. The lowest BCUT2D eigenvalue weighted by molar-refractivity contribution is 0.307. The number of nitrogens with one attached hydrogen (secondary N) is 1. The molecule has 5 nitrogen and oxygen atoms in total. The Morgan fingerprint density at radius 1 is 1.04 bits per heavy atom. The van der Waals surface area contributed by atoms with Crippen LogP contribution >= 0.6 is 0 Å². The molecule has 24 heavy (non-hydrogen) atoms. The molecule has 0 heterocycles. The highest BCUT2D eigenvalue weighted by Gasteiger charge is 1.97. The van der Waals surface area contributed by atoms with Crippen molar-refractivity contribution in [2.45, 2.75) is 12.8 Å². The SMILES string of the molecule is COc1ccc(NC(N)=NCCCCOc2ccc(F)cc2)cc1. The minimum Gasteiger partial charge on any atom is -0.497 e. The number of methoxy groups -OCH3 is 1. The minimum atomic E-state index is -0.267. The molecule has 0 amide bonds. The molecule has 0 saturated carbocycles. The van der Waals surface area contributed by atoms with Gasteiger partial charge in [0.15, 0.2) is 5.96 Å². The van der Waals surface area contributed by atoms with Crippen LogP contribution < -0.4 is 20.5 Å². The summed E-state index contributed by atoms with van der Waals surface area (Å²) in [5, 5.41) is 3.02. The Labute approximate surface area is 141 Å². The van der Waals surface area contributed by atoms with Crippen LogP contribution in [0.25, 0.3) is 0 Å². The van der Waals surface area contributed by atoms with Crippen LogP contribution in [0.4, 0.5) is 10.1 Å².